The standard InChI is InChI=1S/C84H160O17P2/c1-6-9-12-15-18-21-24-26-28-29-30-31-32-33-35-41-45-50-55-60-65-70-84(89)101-80(74-95-82(87)68-63-58-53-48-43-39-37-36-38-42-46-51-56-61-66-77(4)5)76-99-103(92,93)97-72-78(85)71-96-102(90,91)98-75-79(73-94-81(86)67-62-57-52-47-23-20-17-14-11-8-3)100-83(88)69-64-59-54-49-44-40-34-27-25-22-19-16-13-10-7-2/h22,25,27,34,77-80,85H,6-21,23-24,26,28-33,35-76H2,1-5H3,(H,90,91)(H,92,93)/b25-22-,34-27-/t78-,79+,80+/m0/s1. The molecule has 0 aromatic rings. The van der Waals surface area contributed by atoms with Crippen LogP contribution in [0.3, 0.4) is 0 Å². The molecule has 0 aliphatic carbocycles. The summed E-state index contributed by atoms with van der Waals surface area (Å²) in [6.07, 6.45) is 71.6. The molecule has 17 nitrogen and oxygen atoms in total. The zero-order valence-electron chi connectivity index (χ0n) is 66.9. The van der Waals surface area contributed by atoms with Gasteiger partial charge in [0.05, 0.1) is 26.4 Å². The number of allylic oxidation sites excluding steroid dienone is 4. The Morgan fingerprint density at radius 1 is 0.301 bits per heavy atom. The van der Waals surface area contributed by atoms with Gasteiger partial charge >= 0.3 is 39.5 Å². The second-order valence-corrected chi connectivity index (χ2v) is 32.9. The Bertz CT molecular complexity index is 2060. The first-order chi connectivity index (χ1) is 50.0. The first-order valence-electron chi connectivity index (χ1n) is 43.0. The third-order valence-electron chi connectivity index (χ3n) is 19.2. The molecule has 0 radical (unpaired) electrons. The third kappa shape index (κ3) is 77.5. The van der Waals surface area contributed by atoms with Gasteiger partial charge in [0.15, 0.2) is 12.2 Å². The van der Waals surface area contributed by atoms with Gasteiger partial charge in [0.25, 0.3) is 0 Å². The number of aliphatic hydroxyl groups excluding tert-OH is 1. The van der Waals surface area contributed by atoms with E-state index >= 15 is 0 Å². The molecule has 0 aliphatic heterocycles. The minimum atomic E-state index is -4.97. The molecule has 0 aliphatic rings. The molecule has 0 heterocycles. The summed E-state index contributed by atoms with van der Waals surface area (Å²) < 4.78 is 68.7. The first kappa shape index (κ1) is 101. The van der Waals surface area contributed by atoms with Gasteiger partial charge in [-0.25, -0.2) is 9.13 Å². The fourth-order valence-electron chi connectivity index (χ4n) is 12.6. The number of rotatable bonds is 82. The van der Waals surface area contributed by atoms with Crippen LogP contribution in [0.25, 0.3) is 0 Å². The third-order valence-corrected chi connectivity index (χ3v) is 21.1. The quantitative estimate of drug-likeness (QED) is 0.0169. The Balaban J connectivity index is 5.25. The molecule has 0 amide bonds. The minimum absolute atomic E-state index is 0.0856. The monoisotopic (exact) mass is 1500 g/mol. The SMILES string of the molecule is CCCCCC/C=C\C=C/CCCCCCCC(=O)O[C@H](COC(=O)CCCCCCCCCCCC)COP(=O)(O)OC[C@H](O)COP(=O)(O)OC[C@@H](COC(=O)CCCCCCCCCCCCCCCCC(C)C)OC(=O)CCCCCCCCCCCCCCCCCCCCCCC. The molecule has 0 aromatic carbocycles. The van der Waals surface area contributed by atoms with Crippen LogP contribution >= 0.6 is 15.6 Å². The molecule has 0 aromatic heterocycles. The van der Waals surface area contributed by atoms with Crippen molar-refractivity contribution >= 4 is 39.5 Å². The summed E-state index contributed by atoms with van der Waals surface area (Å²) in [7, 11) is -9.93. The number of esters is 4. The Morgan fingerprint density at radius 2 is 0.524 bits per heavy atom. The van der Waals surface area contributed by atoms with Crippen LogP contribution in [-0.4, -0.2) is 96.7 Å². The van der Waals surface area contributed by atoms with Crippen LogP contribution in [0.4, 0.5) is 0 Å². The highest BCUT2D eigenvalue weighted by atomic mass is 31.2. The fourth-order valence-corrected chi connectivity index (χ4v) is 14.2. The zero-order chi connectivity index (χ0) is 75.5. The number of carbonyl (C=O) groups excluding carboxylic acids is 4. The summed E-state index contributed by atoms with van der Waals surface area (Å²) >= 11 is 0. The van der Waals surface area contributed by atoms with Gasteiger partial charge in [0.2, 0.25) is 0 Å². The average Bonchev–Trinajstić information content (AvgIpc) is 1.01. The van der Waals surface area contributed by atoms with Gasteiger partial charge in [0, 0.05) is 25.7 Å². The van der Waals surface area contributed by atoms with Crippen molar-refractivity contribution in [2.45, 2.75) is 445 Å². The van der Waals surface area contributed by atoms with Crippen molar-refractivity contribution in [3.63, 3.8) is 0 Å². The van der Waals surface area contributed by atoms with Crippen molar-refractivity contribution in [2.75, 3.05) is 39.6 Å². The lowest BCUT2D eigenvalue weighted by Crippen LogP contribution is -2.30. The van der Waals surface area contributed by atoms with Crippen LogP contribution in [0.2, 0.25) is 0 Å². The molecule has 3 N–H and O–H groups in total. The lowest BCUT2D eigenvalue weighted by Gasteiger charge is -2.21. The molecule has 0 spiro atoms. The summed E-state index contributed by atoms with van der Waals surface area (Å²) in [5, 5.41) is 10.7. The second-order valence-electron chi connectivity index (χ2n) is 30.0. The maximum absolute atomic E-state index is 13.1. The predicted molar refractivity (Wildman–Crippen MR) is 423 cm³/mol. The van der Waals surface area contributed by atoms with Gasteiger partial charge in [-0.3, -0.25) is 37.3 Å². The summed E-state index contributed by atoms with van der Waals surface area (Å²) in [5.41, 5.74) is 0. The van der Waals surface area contributed by atoms with Crippen molar-refractivity contribution in [3.8, 4) is 0 Å². The fraction of sp³-hybridized carbons (Fsp3) is 0.905. The van der Waals surface area contributed by atoms with Gasteiger partial charge in [-0.15, -0.1) is 0 Å². The molecular formula is C84H160O17P2. The lowest BCUT2D eigenvalue weighted by atomic mass is 10.0. The smallest absolute Gasteiger partial charge is 0.462 e. The van der Waals surface area contributed by atoms with Crippen LogP contribution in [0.15, 0.2) is 24.3 Å². The van der Waals surface area contributed by atoms with E-state index in [-0.39, 0.29) is 25.7 Å². The highest BCUT2D eigenvalue weighted by Crippen LogP contribution is 2.45. The molecule has 19 heteroatoms. The van der Waals surface area contributed by atoms with Gasteiger partial charge in [-0.2, -0.15) is 0 Å². The highest BCUT2D eigenvalue weighted by molar-refractivity contribution is 7.47. The lowest BCUT2D eigenvalue weighted by molar-refractivity contribution is -0.161. The molecule has 5 atom stereocenters. The number of hydrogen-bond acceptors (Lipinski definition) is 15. The van der Waals surface area contributed by atoms with Crippen molar-refractivity contribution in [2.24, 2.45) is 5.92 Å². The Hall–Kier alpha value is -2.46. The molecule has 2 unspecified atom stereocenters. The molecular weight excluding hydrogens is 1340 g/mol. The summed E-state index contributed by atoms with van der Waals surface area (Å²) in [5.74, 6) is -1.34. The predicted octanol–water partition coefficient (Wildman–Crippen LogP) is 25.1. The molecule has 608 valence electrons. The van der Waals surface area contributed by atoms with E-state index < -0.39 is 97.5 Å². The molecule has 0 bridgehead atoms. The topological polar surface area (TPSA) is 237 Å². The minimum Gasteiger partial charge on any atom is -0.462 e. The van der Waals surface area contributed by atoms with E-state index in [1.54, 1.807) is 0 Å². The molecule has 0 saturated heterocycles. The number of phosphoric ester groups is 2. The number of ether oxygens (including phenoxy) is 4. The van der Waals surface area contributed by atoms with E-state index in [0.29, 0.717) is 25.7 Å². The van der Waals surface area contributed by atoms with Gasteiger partial charge in [0.1, 0.15) is 19.3 Å². The maximum atomic E-state index is 13.1. The first-order valence-corrected chi connectivity index (χ1v) is 45.9. The van der Waals surface area contributed by atoms with Crippen LogP contribution in [0.1, 0.15) is 426 Å². The number of aliphatic hydroxyl groups is 1. The number of unbranched alkanes of at least 4 members (excludes halogenated alkanes) is 51. The number of phosphoric acid groups is 2. The van der Waals surface area contributed by atoms with Crippen LogP contribution in [0, 0.1) is 5.92 Å². The Labute approximate surface area is 631 Å². The van der Waals surface area contributed by atoms with E-state index in [9.17, 15) is 43.2 Å². The normalized spacial score (nSPS) is 14.0. The maximum Gasteiger partial charge on any atom is 0.472 e. The summed E-state index contributed by atoms with van der Waals surface area (Å²) in [4.78, 5) is 73.1. The van der Waals surface area contributed by atoms with Crippen LogP contribution < -0.4 is 0 Å². The van der Waals surface area contributed by atoms with Crippen molar-refractivity contribution in [3.05, 3.63) is 24.3 Å². The Kier molecular flexibility index (Phi) is 74.5. The number of carbonyl (C=O) groups is 4. The molecule has 103 heavy (non-hydrogen) atoms. The van der Waals surface area contributed by atoms with Crippen molar-refractivity contribution in [1.82, 2.24) is 0 Å². The van der Waals surface area contributed by atoms with Crippen molar-refractivity contribution in [1.29, 1.82) is 0 Å². The highest BCUT2D eigenvalue weighted by Gasteiger charge is 2.30. The van der Waals surface area contributed by atoms with E-state index in [0.717, 1.165) is 109 Å². The van der Waals surface area contributed by atoms with Crippen molar-refractivity contribution < 1.29 is 80.2 Å². The molecule has 0 fully saturated rings. The van der Waals surface area contributed by atoms with Gasteiger partial charge < -0.3 is 33.8 Å². The van der Waals surface area contributed by atoms with Crippen LogP contribution in [-0.2, 0) is 65.4 Å². The van der Waals surface area contributed by atoms with Gasteiger partial charge in [-0.1, -0.05) is 374 Å². The number of hydrogen-bond donors (Lipinski definition) is 3. The average molecular weight is 1500 g/mol. The molecule has 0 saturated carbocycles. The van der Waals surface area contributed by atoms with Gasteiger partial charge in [-0.05, 0) is 57.3 Å². The van der Waals surface area contributed by atoms with E-state index in [2.05, 4.69) is 58.9 Å². The van der Waals surface area contributed by atoms with E-state index in [1.807, 2.05) is 0 Å². The van der Waals surface area contributed by atoms with E-state index in [1.165, 1.54) is 238 Å². The molecule has 0 rings (SSSR count). The van der Waals surface area contributed by atoms with E-state index in [4.69, 9.17) is 37.0 Å². The Morgan fingerprint density at radius 3 is 0.796 bits per heavy atom. The van der Waals surface area contributed by atoms with Crippen LogP contribution in [0.5, 0.6) is 0 Å². The second kappa shape index (κ2) is 76.3. The largest absolute Gasteiger partial charge is 0.472 e. The zero-order valence-corrected chi connectivity index (χ0v) is 68.7. The summed E-state index contributed by atoms with van der Waals surface area (Å²) in [6.45, 7) is 7.29. The summed E-state index contributed by atoms with van der Waals surface area (Å²) in [6, 6.07) is 0.